The fraction of sp³-hybridized carbons (Fsp3) is 0.857. The van der Waals surface area contributed by atoms with Gasteiger partial charge in [-0.2, -0.15) is 0 Å². The molecule has 0 unspecified atom stereocenters. The standard InChI is InChI=1S/C14H27NO4/c1-19-12-13(16)15-11-9-7-5-3-2-4-6-8-10-14(17)18/h2-12H2,1H3,(H,15,16)(H,17,18). The molecule has 0 aromatic heterocycles. The van der Waals surface area contributed by atoms with Crippen LogP contribution in [0.15, 0.2) is 0 Å². The summed E-state index contributed by atoms with van der Waals surface area (Å²) in [5.41, 5.74) is 0. The Kier molecular flexibility index (Phi) is 12.6. The van der Waals surface area contributed by atoms with E-state index in [1.807, 2.05) is 0 Å². The molecule has 0 spiro atoms. The predicted octanol–water partition coefficient (Wildman–Crippen LogP) is 2.34. The van der Waals surface area contributed by atoms with Gasteiger partial charge in [0.25, 0.3) is 0 Å². The zero-order valence-electron chi connectivity index (χ0n) is 12.0. The molecule has 5 heteroatoms. The van der Waals surface area contributed by atoms with Gasteiger partial charge in [0.2, 0.25) is 5.91 Å². The molecule has 0 fully saturated rings. The highest BCUT2D eigenvalue weighted by atomic mass is 16.5. The molecule has 0 saturated heterocycles. The van der Waals surface area contributed by atoms with Crippen LogP contribution in [0.3, 0.4) is 0 Å². The Morgan fingerprint density at radius 2 is 1.47 bits per heavy atom. The number of carboxylic acids is 1. The summed E-state index contributed by atoms with van der Waals surface area (Å²) in [7, 11) is 1.51. The van der Waals surface area contributed by atoms with Gasteiger partial charge in [-0.3, -0.25) is 9.59 Å². The number of carboxylic acid groups (broad SMARTS) is 1. The number of unbranched alkanes of at least 4 members (excludes halogenated alkanes) is 7. The van der Waals surface area contributed by atoms with E-state index in [9.17, 15) is 9.59 Å². The van der Waals surface area contributed by atoms with Crippen molar-refractivity contribution in [1.29, 1.82) is 0 Å². The maximum absolute atomic E-state index is 11.0. The average Bonchev–Trinajstić information content (AvgIpc) is 2.36. The predicted molar refractivity (Wildman–Crippen MR) is 74.1 cm³/mol. The maximum Gasteiger partial charge on any atom is 0.303 e. The molecule has 0 aromatic carbocycles. The van der Waals surface area contributed by atoms with Gasteiger partial charge in [-0.15, -0.1) is 0 Å². The van der Waals surface area contributed by atoms with E-state index in [4.69, 9.17) is 9.84 Å². The highest BCUT2D eigenvalue weighted by molar-refractivity contribution is 5.77. The van der Waals surface area contributed by atoms with Crippen molar-refractivity contribution < 1.29 is 19.4 Å². The van der Waals surface area contributed by atoms with E-state index in [1.165, 1.54) is 26.4 Å². The van der Waals surface area contributed by atoms with E-state index in [0.717, 1.165) is 38.6 Å². The maximum atomic E-state index is 11.0. The number of carbonyl (C=O) groups excluding carboxylic acids is 1. The molecule has 0 aromatic rings. The lowest BCUT2D eigenvalue weighted by Crippen LogP contribution is -2.27. The van der Waals surface area contributed by atoms with Crippen molar-refractivity contribution in [2.75, 3.05) is 20.3 Å². The van der Waals surface area contributed by atoms with Crippen LogP contribution in [0.1, 0.15) is 57.8 Å². The fourth-order valence-electron chi connectivity index (χ4n) is 1.87. The van der Waals surface area contributed by atoms with Gasteiger partial charge in [0.1, 0.15) is 6.61 Å². The number of hydrogen-bond donors (Lipinski definition) is 2. The SMILES string of the molecule is COCC(=O)NCCCCCCCCCCC(=O)O. The molecule has 0 aliphatic rings. The number of hydrogen-bond acceptors (Lipinski definition) is 3. The van der Waals surface area contributed by atoms with Gasteiger partial charge in [0.15, 0.2) is 0 Å². The zero-order valence-corrected chi connectivity index (χ0v) is 12.0. The third kappa shape index (κ3) is 14.8. The van der Waals surface area contributed by atoms with Crippen molar-refractivity contribution in [3.63, 3.8) is 0 Å². The molecule has 0 saturated carbocycles. The number of nitrogens with one attached hydrogen (secondary N) is 1. The lowest BCUT2D eigenvalue weighted by molar-refractivity contribution is -0.137. The summed E-state index contributed by atoms with van der Waals surface area (Å²) in [6.45, 7) is 0.858. The molecular formula is C14H27NO4. The first kappa shape index (κ1) is 17.9. The highest BCUT2D eigenvalue weighted by Gasteiger charge is 1.98. The lowest BCUT2D eigenvalue weighted by Gasteiger charge is -2.04. The van der Waals surface area contributed by atoms with Gasteiger partial charge in [-0.25, -0.2) is 0 Å². The van der Waals surface area contributed by atoms with E-state index >= 15 is 0 Å². The number of amides is 1. The summed E-state index contributed by atoms with van der Waals surface area (Å²) in [4.78, 5) is 21.3. The first-order chi connectivity index (χ1) is 9.16. The summed E-state index contributed by atoms with van der Waals surface area (Å²) >= 11 is 0. The lowest BCUT2D eigenvalue weighted by atomic mass is 10.1. The molecule has 0 aliphatic heterocycles. The van der Waals surface area contributed by atoms with Crippen LogP contribution in [0.4, 0.5) is 0 Å². The monoisotopic (exact) mass is 273 g/mol. The van der Waals surface area contributed by atoms with Gasteiger partial charge in [0, 0.05) is 20.1 Å². The molecular weight excluding hydrogens is 246 g/mol. The Balaban J connectivity index is 3.06. The summed E-state index contributed by atoms with van der Waals surface area (Å²) < 4.78 is 4.71. The summed E-state index contributed by atoms with van der Waals surface area (Å²) in [6, 6.07) is 0. The van der Waals surface area contributed by atoms with Crippen LogP contribution in [0.25, 0.3) is 0 Å². The van der Waals surface area contributed by atoms with Crippen molar-refractivity contribution in [3.05, 3.63) is 0 Å². The smallest absolute Gasteiger partial charge is 0.303 e. The van der Waals surface area contributed by atoms with E-state index in [1.54, 1.807) is 0 Å². The molecule has 1 amide bonds. The Morgan fingerprint density at radius 3 is 2.00 bits per heavy atom. The largest absolute Gasteiger partial charge is 0.481 e. The van der Waals surface area contributed by atoms with Gasteiger partial charge in [0.05, 0.1) is 0 Å². The van der Waals surface area contributed by atoms with Crippen molar-refractivity contribution in [3.8, 4) is 0 Å². The van der Waals surface area contributed by atoms with E-state index in [2.05, 4.69) is 5.32 Å². The van der Waals surface area contributed by atoms with Gasteiger partial charge in [-0.1, -0.05) is 38.5 Å². The molecule has 112 valence electrons. The Labute approximate surface area is 115 Å². The summed E-state index contributed by atoms with van der Waals surface area (Å²) in [5, 5.41) is 11.3. The summed E-state index contributed by atoms with van der Waals surface area (Å²) in [6.07, 6.45) is 8.91. The molecule has 0 aliphatic carbocycles. The molecule has 0 bridgehead atoms. The number of carbonyl (C=O) groups is 2. The van der Waals surface area contributed by atoms with Crippen molar-refractivity contribution in [1.82, 2.24) is 5.32 Å². The van der Waals surface area contributed by atoms with Crippen LogP contribution < -0.4 is 5.32 Å². The fourth-order valence-corrected chi connectivity index (χ4v) is 1.87. The normalized spacial score (nSPS) is 10.4. The minimum atomic E-state index is -0.699. The Bertz CT molecular complexity index is 244. The van der Waals surface area contributed by atoms with E-state index in [0.29, 0.717) is 6.42 Å². The second-order valence-corrected chi connectivity index (χ2v) is 4.76. The quantitative estimate of drug-likeness (QED) is 0.505. The zero-order chi connectivity index (χ0) is 14.3. The number of rotatable bonds is 13. The number of aliphatic carboxylic acids is 1. The number of methoxy groups -OCH3 is 1. The minimum absolute atomic E-state index is 0.0547. The Morgan fingerprint density at radius 1 is 0.947 bits per heavy atom. The third-order valence-electron chi connectivity index (χ3n) is 2.92. The first-order valence-corrected chi connectivity index (χ1v) is 7.14. The van der Waals surface area contributed by atoms with Crippen LogP contribution in [0.5, 0.6) is 0 Å². The molecule has 19 heavy (non-hydrogen) atoms. The van der Waals surface area contributed by atoms with Gasteiger partial charge in [-0.05, 0) is 12.8 Å². The second-order valence-electron chi connectivity index (χ2n) is 4.76. The molecule has 5 nitrogen and oxygen atoms in total. The summed E-state index contributed by atoms with van der Waals surface area (Å²) in [5.74, 6) is -0.753. The van der Waals surface area contributed by atoms with Crippen LogP contribution in [-0.2, 0) is 14.3 Å². The van der Waals surface area contributed by atoms with E-state index in [-0.39, 0.29) is 12.5 Å². The molecule has 0 rings (SSSR count). The molecule has 0 atom stereocenters. The highest BCUT2D eigenvalue weighted by Crippen LogP contribution is 2.09. The molecule has 2 N–H and O–H groups in total. The average molecular weight is 273 g/mol. The molecule has 0 heterocycles. The van der Waals surface area contributed by atoms with Crippen LogP contribution in [-0.4, -0.2) is 37.2 Å². The van der Waals surface area contributed by atoms with Gasteiger partial charge >= 0.3 is 5.97 Å². The second kappa shape index (κ2) is 13.3. The van der Waals surface area contributed by atoms with Crippen molar-refractivity contribution >= 4 is 11.9 Å². The molecule has 0 radical (unpaired) electrons. The first-order valence-electron chi connectivity index (χ1n) is 7.14. The third-order valence-corrected chi connectivity index (χ3v) is 2.92. The number of ether oxygens (including phenoxy) is 1. The van der Waals surface area contributed by atoms with Crippen LogP contribution in [0.2, 0.25) is 0 Å². The van der Waals surface area contributed by atoms with Crippen LogP contribution in [0, 0.1) is 0 Å². The minimum Gasteiger partial charge on any atom is -0.481 e. The van der Waals surface area contributed by atoms with Crippen molar-refractivity contribution in [2.45, 2.75) is 57.8 Å². The van der Waals surface area contributed by atoms with E-state index < -0.39 is 5.97 Å². The Hall–Kier alpha value is -1.10. The van der Waals surface area contributed by atoms with Gasteiger partial charge < -0.3 is 15.2 Å². The van der Waals surface area contributed by atoms with Crippen molar-refractivity contribution in [2.24, 2.45) is 0 Å². The topological polar surface area (TPSA) is 75.6 Å². The van der Waals surface area contributed by atoms with Crippen LogP contribution >= 0.6 is 0 Å².